The number of halogens is 1. The molecule has 0 saturated carbocycles. The first kappa shape index (κ1) is 11.9. The van der Waals surface area contributed by atoms with E-state index in [1.165, 1.54) is 12.1 Å². The van der Waals surface area contributed by atoms with Gasteiger partial charge in [0.1, 0.15) is 5.82 Å². The number of para-hydroxylation sites is 1. The number of hydrogen-bond donors (Lipinski definition) is 1. The summed E-state index contributed by atoms with van der Waals surface area (Å²) in [6.45, 7) is 2.41. The minimum Gasteiger partial charge on any atom is -0.384 e. The van der Waals surface area contributed by atoms with E-state index in [4.69, 9.17) is 0 Å². The van der Waals surface area contributed by atoms with Crippen LogP contribution in [0.3, 0.4) is 0 Å². The van der Waals surface area contributed by atoms with Crippen LogP contribution in [0.5, 0.6) is 0 Å². The van der Waals surface area contributed by atoms with E-state index in [0.29, 0.717) is 12.1 Å². The van der Waals surface area contributed by atoms with Crippen LogP contribution in [0.2, 0.25) is 0 Å². The van der Waals surface area contributed by atoms with Gasteiger partial charge in [0.25, 0.3) is 0 Å². The average Bonchev–Trinajstić information content (AvgIpc) is 2.84. The Morgan fingerprint density at radius 2 is 2.05 bits per heavy atom. The van der Waals surface area contributed by atoms with Crippen molar-refractivity contribution >= 4 is 11.5 Å². The number of rotatable bonds is 2. The van der Waals surface area contributed by atoms with Crippen molar-refractivity contribution in [1.82, 2.24) is 0 Å². The van der Waals surface area contributed by atoms with Gasteiger partial charge in [0, 0.05) is 17.8 Å². The summed E-state index contributed by atoms with van der Waals surface area (Å²) in [5.74, 6) is -0.612. The fourth-order valence-corrected chi connectivity index (χ4v) is 2.57. The van der Waals surface area contributed by atoms with E-state index >= 15 is 0 Å². The molecule has 0 spiro atoms. The van der Waals surface area contributed by atoms with Crippen molar-refractivity contribution in [3.05, 3.63) is 65.0 Å². The van der Waals surface area contributed by atoms with Gasteiger partial charge in [-0.2, -0.15) is 0 Å². The van der Waals surface area contributed by atoms with Gasteiger partial charge in [-0.3, -0.25) is 4.79 Å². The topological polar surface area (TPSA) is 29.1 Å². The van der Waals surface area contributed by atoms with Gasteiger partial charge in [-0.25, -0.2) is 4.39 Å². The molecule has 19 heavy (non-hydrogen) atoms. The molecule has 1 aliphatic rings. The molecule has 0 bridgehead atoms. The molecular formula is C16H14FNO. The molecule has 1 N–H and O–H groups in total. The van der Waals surface area contributed by atoms with Crippen molar-refractivity contribution in [1.29, 1.82) is 0 Å². The van der Waals surface area contributed by atoms with Gasteiger partial charge < -0.3 is 5.32 Å². The van der Waals surface area contributed by atoms with Gasteiger partial charge in [0.15, 0.2) is 5.78 Å². The van der Waals surface area contributed by atoms with E-state index in [0.717, 1.165) is 16.8 Å². The number of carbonyl (C=O) groups is 1. The van der Waals surface area contributed by atoms with Crippen molar-refractivity contribution in [2.24, 2.45) is 0 Å². The predicted octanol–water partition coefficient (Wildman–Crippen LogP) is 3.53. The molecule has 2 aromatic rings. The lowest BCUT2D eigenvalue weighted by atomic mass is 9.90. The van der Waals surface area contributed by atoms with Crippen molar-refractivity contribution in [3.63, 3.8) is 0 Å². The normalized spacial score (nSPS) is 16.8. The number of aryl methyl sites for hydroxylation is 1. The van der Waals surface area contributed by atoms with E-state index < -0.39 is 0 Å². The third-order valence-corrected chi connectivity index (χ3v) is 3.61. The van der Waals surface area contributed by atoms with Crippen molar-refractivity contribution in [2.45, 2.75) is 12.8 Å². The molecule has 2 aromatic carbocycles. The Balaban J connectivity index is 2.00. The number of anilines is 1. The van der Waals surface area contributed by atoms with Crippen LogP contribution in [-0.2, 0) is 0 Å². The first-order valence-corrected chi connectivity index (χ1v) is 6.30. The van der Waals surface area contributed by atoms with E-state index in [2.05, 4.69) is 5.32 Å². The second-order valence-electron chi connectivity index (χ2n) is 4.84. The first-order chi connectivity index (χ1) is 9.16. The van der Waals surface area contributed by atoms with Crippen LogP contribution in [0.4, 0.5) is 10.1 Å². The molecule has 0 aromatic heterocycles. The van der Waals surface area contributed by atoms with Gasteiger partial charge in [0.05, 0.1) is 5.92 Å². The van der Waals surface area contributed by atoms with Gasteiger partial charge >= 0.3 is 0 Å². The summed E-state index contributed by atoms with van der Waals surface area (Å²) < 4.78 is 13.3. The summed E-state index contributed by atoms with van der Waals surface area (Å²) in [5.41, 5.74) is 3.28. The molecule has 0 radical (unpaired) electrons. The lowest BCUT2D eigenvalue weighted by Gasteiger charge is -2.11. The number of nitrogens with one attached hydrogen (secondary N) is 1. The Bertz CT molecular complexity index is 651. The highest BCUT2D eigenvalue weighted by Crippen LogP contribution is 2.33. The van der Waals surface area contributed by atoms with Crippen LogP contribution in [0.1, 0.15) is 27.4 Å². The predicted molar refractivity (Wildman–Crippen MR) is 73.1 cm³/mol. The summed E-state index contributed by atoms with van der Waals surface area (Å²) >= 11 is 0. The van der Waals surface area contributed by atoms with Gasteiger partial charge in [-0.15, -0.1) is 0 Å². The standard InChI is InChI=1S/C16H14FNO/c1-10-6-7-11(17)8-13(10)16(19)14-9-18-15-5-3-2-4-12(14)15/h2-8,14,18H,9H2,1H3. The summed E-state index contributed by atoms with van der Waals surface area (Å²) in [4.78, 5) is 12.6. The third-order valence-electron chi connectivity index (χ3n) is 3.61. The zero-order chi connectivity index (χ0) is 13.4. The van der Waals surface area contributed by atoms with Crippen molar-refractivity contribution in [3.8, 4) is 0 Å². The second kappa shape index (κ2) is 4.50. The van der Waals surface area contributed by atoms with Crippen molar-refractivity contribution in [2.75, 3.05) is 11.9 Å². The highest BCUT2D eigenvalue weighted by atomic mass is 19.1. The smallest absolute Gasteiger partial charge is 0.172 e. The fraction of sp³-hybridized carbons (Fsp3) is 0.188. The Kier molecular flexibility index (Phi) is 2.82. The molecule has 0 amide bonds. The SMILES string of the molecule is Cc1ccc(F)cc1C(=O)C1CNc2ccccc21. The summed E-state index contributed by atoms with van der Waals surface area (Å²) in [5, 5.41) is 3.22. The zero-order valence-electron chi connectivity index (χ0n) is 10.6. The Morgan fingerprint density at radius 1 is 1.26 bits per heavy atom. The summed E-state index contributed by atoms with van der Waals surface area (Å²) in [7, 11) is 0. The monoisotopic (exact) mass is 255 g/mol. The second-order valence-corrected chi connectivity index (χ2v) is 4.84. The molecule has 2 nitrogen and oxygen atoms in total. The average molecular weight is 255 g/mol. The Hall–Kier alpha value is -2.16. The van der Waals surface area contributed by atoms with Gasteiger partial charge in [-0.1, -0.05) is 24.3 Å². The molecule has 0 aliphatic carbocycles. The lowest BCUT2D eigenvalue weighted by Crippen LogP contribution is -2.16. The number of benzene rings is 2. The minimum absolute atomic E-state index is 0.0190. The number of Topliss-reactive ketones (excluding diaryl/α,β-unsaturated/α-hetero) is 1. The quantitative estimate of drug-likeness (QED) is 0.832. The maximum Gasteiger partial charge on any atom is 0.172 e. The lowest BCUT2D eigenvalue weighted by molar-refractivity contribution is 0.0965. The Labute approximate surface area is 111 Å². The van der Waals surface area contributed by atoms with Crippen LogP contribution in [0, 0.1) is 12.7 Å². The van der Waals surface area contributed by atoms with Crippen LogP contribution in [0.25, 0.3) is 0 Å². The Morgan fingerprint density at radius 3 is 2.89 bits per heavy atom. The van der Waals surface area contributed by atoms with E-state index in [-0.39, 0.29) is 17.5 Å². The van der Waals surface area contributed by atoms with Crippen LogP contribution in [0.15, 0.2) is 42.5 Å². The number of carbonyl (C=O) groups excluding carboxylic acids is 1. The molecular weight excluding hydrogens is 241 g/mol. The van der Waals surface area contributed by atoms with Crippen molar-refractivity contribution < 1.29 is 9.18 Å². The molecule has 0 fully saturated rings. The molecule has 96 valence electrons. The summed E-state index contributed by atoms with van der Waals surface area (Å²) in [6, 6.07) is 12.1. The van der Waals surface area contributed by atoms with Gasteiger partial charge in [0.2, 0.25) is 0 Å². The molecule has 3 rings (SSSR count). The number of ketones is 1. The number of hydrogen-bond acceptors (Lipinski definition) is 2. The highest BCUT2D eigenvalue weighted by Gasteiger charge is 2.29. The summed E-state index contributed by atoms with van der Waals surface area (Å²) in [6.07, 6.45) is 0. The molecule has 1 heterocycles. The minimum atomic E-state index is -0.367. The zero-order valence-corrected chi connectivity index (χ0v) is 10.6. The van der Waals surface area contributed by atoms with E-state index in [1.807, 2.05) is 31.2 Å². The van der Waals surface area contributed by atoms with Crippen LogP contribution >= 0.6 is 0 Å². The molecule has 1 atom stereocenters. The maximum absolute atomic E-state index is 13.3. The fourth-order valence-electron chi connectivity index (χ4n) is 2.57. The highest BCUT2D eigenvalue weighted by molar-refractivity contribution is 6.04. The molecule has 1 unspecified atom stereocenters. The number of fused-ring (bicyclic) bond motifs is 1. The molecule has 0 saturated heterocycles. The molecule has 3 heteroatoms. The third kappa shape index (κ3) is 2.01. The van der Waals surface area contributed by atoms with Gasteiger partial charge in [-0.05, 0) is 36.2 Å². The van der Waals surface area contributed by atoms with Crippen LogP contribution < -0.4 is 5.32 Å². The van der Waals surface area contributed by atoms with Crippen LogP contribution in [-0.4, -0.2) is 12.3 Å². The first-order valence-electron chi connectivity index (χ1n) is 6.30. The van der Waals surface area contributed by atoms with E-state index in [1.54, 1.807) is 6.07 Å². The maximum atomic E-state index is 13.3. The largest absolute Gasteiger partial charge is 0.384 e. The van der Waals surface area contributed by atoms with E-state index in [9.17, 15) is 9.18 Å². The molecule has 1 aliphatic heterocycles.